The van der Waals surface area contributed by atoms with Crippen molar-refractivity contribution in [2.75, 3.05) is 33.9 Å². The highest BCUT2D eigenvalue weighted by Crippen LogP contribution is 2.39. The summed E-state index contributed by atoms with van der Waals surface area (Å²) in [5.74, 6) is 0.411. The Morgan fingerprint density at radius 3 is 2.79 bits per heavy atom. The average Bonchev–Trinajstić information content (AvgIpc) is 3.47. The number of hydrogen-bond donors (Lipinski definition) is 1. The lowest BCUT2D eigenvalue weighted by Crippen LogP contribution is -2.38. The van der Waals surface area contributed by atoms with Crippen LogP contribution in [0.25, 0.3) is 5.70 Å². The van der Waals surface area contributed by atoms with Gasteiger partial charge in [0, 0.05) is 51.0 Å². The van der Waals surface area contributed by atoms with Crippen LogP contribution in [0.4, 0.5) is 4.39 Å². The molecular formula is C26H34FN3O4. The Bertz CT molecular complexity index is 1000. The van der Waals surface area contributed by atoms with Crippen molar-refractivity contribution in [3.05, 3.63) is 53.4 Å². The lowest BCUT2D eigenvalue weighted by Gasteiger charge is -2.32. The zero-order valence-electron chi connectivity index (χ0n) is 20.3. The van der Waals surface area contributed by atoms with Gasteiger partial charge >= 0.3 is 0 Å². The summed E-state index contributed by atoms with van der Waals surface area (Å²) >= 11 is 0. The molecule has 0 aliphatic carbocycles. The van der Waals surface area contributed by atoms with E-state index >= 15 is 0 Å². The smallest absolute Gasteiger partial charge is 0.235 e. The van der Waals surface area contributed by atoms with Gasteiger partial charge < -0.3 is 24.4 Å². The van der Waals surface area contributed by atoms with E-state index in [1.54, 1.807) is 20.1 Å². The molecule has 3 heterocycles. The van der Waals surface area contributed by atoms with Crippen LogP contribution >= 0.6 is 0 Å². The van der Waals surface area contributed by atoms with Crippen molar-refractivity contribution >= 4 is 11.5 Å². The van der Waals surface area contributed by atoms with Gasteiger partial charge in [-0.15, -0.1) is 0 Å². The maximum absolute atomic E-state index is 13.8. The van der Waals surface area contributed by atoms with Crippen molar-refractivity contribution in [3.8, 4) is 11.5 Å². The lowest BCUT2D eigenvalue weighted by molar-refractivity contribution is 0.0819. The summed E-state index contributed by atoms with van der Waals surface area (Å²) in [5, 5.41) is 3.44. The molecule has 3 unspecified atom stereocenters. The fourth-order valence-corrected chi connectivity index (χ4v) is 4.93. The Morgan fingerprint density at radius 2 is 2.09 bits per heavy atom. The van der Waals surface area contributed by atoms with Gasteiger partial charge in [-0.1, -0.05) is 6.92 Å². The average molecular weight is 472 g/mol. The Kier molecular flexibility index (Phi) is 7.58. The summed E-state index contributed by atoms with van der Waals surface area (Å²) in [6, 6.07) is 3.92. The van der Waals surface area contributed by atoms with E-state index in [4.69, 9.17) is 14.2 Å². The number of ether oxygens (including phenoxy) is 3. The molecule has 1 N–H and O–H groups in total. The number of ketones is 1. The summed E-state index contributed by atoms with van der Waals surface area (Å²) in [4.78, 5) is 17.2. The van der Waals surface area contributed by atoms with E-state index in [1.807, 2.05) is 12.3 Å². The molecule has 3 aliphatic heterocycles. The zero-order valence-corrected chi connectivity index (χ0v) is 20.3. The molecule has 34 heavy (non-hydrogen) atoms. The molecule has 0 amide bonds. The normalized spacial score (nSPS) is 22.7. The molecule has 0 spiro atoms. The first-order chi connectivity index (χ1) is 16.5. The molecule has 184 valence electrons. The van der Waals surface area contributed by atoms with Crippen molar-refractivity contribution in [1.82, 2.24) is 15.1 Å². The van der Waals surface area contributed by atoms with E-state index in [0.29, 0.717) is 11.8 Å². The van der Waals surface area contributed by atoms with E-state index in [1.165, 1.54) is 26.0 Å². The summed E-state index contributed by atoms with van der Waals surface area (Å²) in [5.41, 5.74) is 3.24. The SMILES string of the molecule is CCC(=O)c1c(OC)cc(C2=CNC3C=C(C4CCCN4CCOC)C=CN23)cc1OC(C)F. The third kappa shape index (κ3) is 4.83. The van der Waals surface area contributed by atoms with E-state index in [9.17, 15) is 9.18 Å². The fourth-order valence-electron chi connectivity index (χ4n) is 4.93. The minimum Gasteiger partial charge on any atom is -0.496 e. The van der Waals surface area contributed by atoms with Gasteiger partial charge in [0.15, 0.2) is 5.78 Å². The highest BCUT2D eigenvalue weighted by atomic mass is 19.1. The van der Waals surface area contributed by atoms with Crippen LogP contribution in [-0.2, 0) is 4.74 Å². The third-order valence-corrected chi connectivity index (χ3v) is 6.55. The number of nitrogens with one attached hydrogen (secondary N) is 1. The summed E-state index contributed by atoms with van der Waals surface area (Å²) in [6.45, 7) is 5.80. The highest BCUT2D eigenvalue weighted by Gasteiger charge is 2.33. The molecule has 1 aromatic rings. The van der Waals surface area contributed by atoms with Gasteiger partial charge in [-0.05, 0) is 49.2 Å². The van der Waals surface area contributed by atoms with Crippen LogP contribution in [-0.4, -0.2) is 68.1 Å². The molecule has 1 aromatic carbocycles. The maximum Gasteiger partial charge on any atom is 0.235 e. The molecule has 0 aromatic heterocycles. The zero-order chi connectivity index (χ0) is 24.2. The van der Waals surface area contributed by atoms with Crippen LogP contribution in [0.1, 0.15) is 49.0 Å². The minimum absolute atomic E-state index is 0.0210. The Labute approximate surface area is 200 Å². The maximum atomic E-state index is 13.8. The fraction of sp³-hybridized carbons (Fsp3) is 0.500. The second-order valence-corrected chi connectivity index (χ2v) is 8.71. The number of halogens is 1. The van der Waals surface area contributed by atoms with Gasteiger partial charge in [-0.3, -0.25) is 9.69 Å². The van der Waals surface area contributed by atoms with Crippen molar-refractivity contribution in [3.63, 3.8) is 0 Å². The lowest BCUT2D eigenvalue weighted by atomic mass is 9.99. The molecule has 7 nitrogen and oxygen atoms in total. The van der Waals surface area contributed by atoms with Gasteiger partial charge in [0.1, 0.15) is 23.2 Å². The molecule has 4 rings (SSSR count). The number of hydrogen-bond acceptors (Lipinski definition) is 7. The highest BCUT2D eigenvalue weighted by molar-refractivity contribution is 6.01. The topological polar surface area (TPSA) is 63.3 Å². The van der Waals surface area contributed by atoms with Crippen LogP contribution in [0, 0.1) is 0 Å². The number of likely N-dealkylation sites (tertiary alicyclic amines) is 1. The molecular weight excluding hydrogens is 437 g/mol. The van der Waals surface area contributed by atoms with Gasteiger partial charge in [0.2, 0.25) is 6.36 Å². The molecule has 1 fully saturated rings. The van der Waals surface area contributed by atoms with E-state index < -0.39 is 6.36 Å². The van der Waals surface area contributed by atoms with E-state index in [0.717, 1.165) is 37.4 Å². The summed E-state index contributed by atoms with van der Waals surface area (Å²) < 4.78 is 30.0. The summed E-state index contributed by atoms with van der Waals surface area (Å²) in [6.07, 6.45) is 9.45. The van der Waals surface area contributed by atoms with Gasteiger partial charge in [0.25, 0.3) is 0 Å². The monoisotopic (exact) mass is 471 g/mol. The standard InChI is InChI=1S/C26H34FN3O4/c1-5-22(31)26-23(33-4)13-19(14-24(26)34-17(2)27)21-16-28-25-15-18(8-10-30(21)25)20-7-6-9-29(20)11-12-32-3/h8,10,13-17,20,25,28H,5-7,9,11-12H2,1-4H3. The Morgan fingerprint density at radius 1 is 1.29 bits per heavy atom. The minimum atomic E-state index is -1.56. The number of carbonyl (C=O) groups is 1. The van der Waals surface area contributed by atoms with Gasteiger partial charge in [-0.25, -0.2) is 4.39 Å². The first-order valence-corrected chi connectivity index (χ1v) is 11.9. The van der Waals surface area contributed by atoms with Crippen LogP contribution in [0.5, 0.6) is 11.5 Å². The number of carbonyl (C=O) groups excluding carboxylic acids is 1. The number of fused-ring (bicyclic) bond motifs is 1. The Balaban J connectivity index is 1.59. The first kappa shape index (κ1) is 24.3. The number of methoxy groups -OCH3 is 2. The number of rotatable bonds is 10. The quantitative estimate of drug-likeness (QED) is 0.516. The van der Waals surface area contributed by atoms with Gasteiger partial charge in [-0.2, -0.15) is 0 Å². The molecule has 8 heteroatoms. The molecule has 0 bridgehead atoms. The predicted molar refractivity (Wildman–Crippen MR) is 129 cm³/mol. The van der Waals surface area contributed by atoms with Crippen molar-refractivity contribution in [2.45, 2.75) is 51.7 Å². The second kappa shape index (κ2) is 10.6. The third-order valence-electron chi connectivity index (χ3n) is 6.55. The van der Waals surface area contributed by atoms with Crippen LogP contribution in [0.3, 0.4) is 0 Å². The molecule has 3 aliphatic rings. The number of benzene rings is 1. The number of alkyl halides is 1. The summed E-state index contributed by atoms with van der Waals surface area (Å²) in [7, 11) is 3.24. The van der Waals surface area contributed by atoms with Gasteiger partial charge in [0.05, 0.1) is 19.4 Å². The second-order valence-electron chi connectivity index (χ2n) is 8.71. The molecule has 1 saturated heterocycles. The molecule has 0 saturated carbocycles. The van der Waals surface area contributed by atoms with Crippen molar-refractivity contribution in [1.29, 1.82) is 0 Å². The molecule has 3 atom stereocenters. The van der Waals surface area contributed by atoms with Crippen LogP contribution in [0.15, 0.2) is 42.3 Å². The van der Waals surface area contributed by atoms with Crippen molar-refractivity contribution < 1.29 is 23.4 Å². The Hall–Kier alpha value is -2.84. The van der Waals surface area contributed by atoms with E-state index in [2.05, 4.69) is 33.5 Å². The van der Waals surface area contributed by atoms with Crippen LogP contribution < -0.4 is 14.8 Å². The number of Topliss-reactive ketones (excluding diaryl/α,β-unsaturated/α-hetero) is 1. The van der Waals surface area contributed by atoms with Crippen molar-refractivity contribution in [2.24, 2.45) is 0 Å². The van der Waals surface area contributed by atoms with Crippen LogP contribution in [0.2, 0.25) is 0 Å². The largest absolute Gasteiger partial charge is 0.496 e. The van der Waals surface area contributed by atoms with E-state index in [-0.39, 0.29) is 29.7 Å². The molecule has 0 radical (unpaired) electrons. The first-order valence-electron chi connectivity index (χ1n) is 11.9. The predicted octanol–water partition coefficient (Wildman–Crippen LogP) is 4.08. The number of nitrogens with zero attached hydrogens (tertiary/aromatic N) is 2.